The molecule has 0 aliphatic heterocycles. The molecular weight excluding hydrogens is 348 g/mol. The van der Waals surface area contributed by atoms with Crippen LogP contribution in [0.5, 0.6) is 0 Å². The van der Waals surface area contributed by atoms with Crippen LogP contribution in [0.2, 0.25) is 0 Å². The molecule has 1 N–H and O–H groups in total. The molecule has 0 atom stereocenters. The van der Waals surface area contributed by atoms with Crippen LogP contribution >= 0.6 is 0 Å². The lowest BCUT2D eigenvalue weighted by molar-refractivity contribution is 0.737. The first-order chi connectivity index (χ1) is 12.5. The number of nitrogens with zero attached hydrogens (tertiary/aromatic N) is 5. The SMILES string of the molecule is C.C.CCn1cnc(C)c1.CCn1cncc1C.Cc1ccc2nc[nH]c2c1. The van der Waals surface area contributed by atoms with Gasteiger partial charge in [-0.15, -0.1) is 0 Å². The molecule has 1 aromatic carbocycles. The van der Waals surface area contributed by atoms with Crippen LogP contribution in [0, 0.1) is 20.8 Å². The molecule has 154 valence electrons. The van der Waals surface area contributed by atoms with Gasteiger partial charge in [0.05, 0.1) is 35.7 Å². The van der Waals surface area contributed by atoms with Crippen molar-refractivity contribution < 1.29 is 0 Å². The van der Waals surface area contributed by atoms with Gasteiger partial charge in [-0.3, -0.25) is 0 Å². The molecule has 0 radical (unpaired) electrons. The molecule has 0 amide bonds. The maximum absolute atomic E-state index is 4.10. The fraction of sp³-hybridized carbons (Fsp3) is 0.409. The van der Waals surface area contributed by atoms with E-state index in [-0.39, 0.29) is 14.9 Å². The van der Waals surface area contributed by atoms with Crippen LogP contribution in [0.25, 0.3) is 11.0 Å². The van der Waals surface area contributed by atoms with Gasteiger partial charge in [-0.1, -0.05) is 20.9 Å². The first-order valence-electron chi connectivity index (χ1n) is 8.88. The maximum Gasteiger partial charge on any atom is 0.0949 e. The summed E-state index contributed by atoms with van der Waals surface area (Å²) in [4.78, 5) is 15.2. The first-order valence-corrected chi connectivity index (χ1v) is 8.88. The Morgan fingerprint density at radius 3 is 2.18 bits per heavy atom. The average Bonchev–Trinajstić information content (AvgIpc) is 3.36. The third-order valence-electron chi connectivity index (χ3n) is 3.96. The lowest BCUT2D eigenvalue weighted by Crippen LogP contribution is -1.92. The number of rotatable bonds is 2. The molecular formula is C22H36N6. The van der Waals surface area contributed by atoms with Crippen molar-refractivity contribution in [2.24, 2.45) is 0 Å². The lowest BCUT2D eigenvalue weighted by Gasteiger charge is -1.95. The van der Waals surface area contributed by atoms with Gasteiger partial charge in [-0.25, -0.2) is 15.0 Å². The Morgan fingerprint density at radius 2 is 1.71 bits per heavy atom. The Bertz CT molecular complexity index is 916. The summed E-state index contributed by atoms with van der Waals surface area (Å²) < 4.78 is 4.15. The molecule has 3 heterocycles. The van der Waals surface area contributed by atoms with Gasteiger partial charge >= 0.3 is 0 Å². The second kappa shape index (κ2) is 12.5. The molecule has 0 fully saturated rings. The van der Waals surface area contributed by atoms with Gasteiger partial charge in [0, 0.05) is 31.2 Å². The number of fused-ring (bicyclic) bond motifs is 1. The second-order valence-corrected chi connectivity index (χ2v) is 6.09. The molecule has 0 saturated heterocycles. The second-order valence-electron chi connectivity index (χ2n) is 6.09. The van der Waals surface area contributed by atoms with E-state index in [1.54, 1.807) is 6.33 Å². The number of aromatic amines is 1. The fourth-order valence-electron chi connectivity index (χ4n) is 2.41. The van der Waals surface area contributed by atoms with Crippen molar-refractivity contribution in [3.63, 3.8) is 0 Å². The molecule has 0 aliphatic carbocycles. The topological polar surface area (TPSA) is 64.3 Å². The number of hydrogen-bond acceptors (Lipinski definition) is 3. The molecule has 4 rings (SSSR count). The summed E-state index contributed by atoms with van der Waals surface area (Å²) in [7, 11) is 0. The third kappa shape index (κ3) is 7.39. The molecule has 0 spiro atoms. The van der Waals surface area contributed by atoms with Crippen molar-refractivity contribution in [3.05, 3.63) is 66.5 Å². The summed E-state index contributed by atoms with van der Waals surface area (Å²) in [5, 5.41) is 0. The van der Waals surface area contributed by atoms with Crippen LogP contribution in [0.4, 0.5) is 0 Å². The average molecular weight is 385 g/mol. The van der Waals surface area contributed by atoms with Crippen molar-refractivity contribution >= 4 is 11.0 Å². The first kappa shape index (κ1) is 25.1. The molecule has 6 nitrogen and oxygen atoms in total. The Morgan fingerprint density at radius 1 is 0.964 bits per heavy atom. The fourth-order valence-corrected chi connectivity index (χ4v) is 2.41. The van der Waals surface area contributed by atoms with E-state index in [0.29, 0.717) is 0 Å². The molecule has 3 aromatic heterocycles. The Kier molecular flexibility index (Phi) is 11.2. The summed E-state index contributed by atoms with van der Waals surface area (Å²) in [6, 6.07) is 6.16. The summed E-state index contributed by atoms with van der Waals surface area (Å²) in [6.45, 7) is 12.4. The largest absolute Gasteiger partial charge is 0.345 e. The predicted octanol–water partition coefficient (Wildman–Crippen LogP) is 5.57. The molecule has 0 aliphatic rings. The Balaban J connectivity index is 0.000000381. The zero-order chi connectivity index (χ0) is 18.9. The Labute approximate surface area is 169 Å². The third-order valence-corrected chi connectivity index (χ3v) is 3.96. The maximum atomic E-state index is 4.10. The highest BCUT2D eigenvalue weighted by Crippen LogP contribution is 2.09. The van der Waals surface area contributed by atoms with Crippen LogP contribution in [-0.4, -0.2) is 29.1 Å². The van der Waals surface area contributed by atoms with Crippen LogP contribution in [0.15, 0.2) is 49.6 Å². The monoisotopic (exact) mass is 384 g/mol. The minimum absolute atomic E-state index is 0. The molecule has 4 aromatic rings. The van der Waals surface area contributed by atoms with E-state index in [1.165, 1.54) is 11.3 Å². The van der Waals surface area contributed by atoms with E-state index in [1.807, 2.05) is 38.0 Å². The van der Waals surface area contributed by atoms with Gasteiger partial charge in [0.2, 0.25) is 0 Å². The molecule has 6 heteroatoms. The molecule has 28 heavy (non-hydrogen) atoms. The van der Waals surface area contributed by atoms with E-state index in [9.17, 15) is 0 Å². The molecule has 0 saturated carbocycles. The minimum atomic E-state index is 0. The van der Waals surface area contributed by atoms with Crippen LogP contribution in [-0.2, 0) is 13.1 Å². The van der Waals surface area contributed by atoms with Crippen LogP contribution in [0.3, 0.4) is 0 Å². The van der Waals surface area contributed by atoms with Crippen molar-refractivity contribution in [2.45, 2.75) is 62.6 Å². The minimum Gasteiger partial charge on any atom is -0.345 e. The van der Waals surface area contributed by atoms with E-state index >= 15 is 0 Å². The zero-order valence-corrected chi connectivity index (χ0v) is 16.3. The van der Waals surface area contributed by atoms with Crippen molar-refractivity contribution in [2.75, 3.05) is 0 Å². The predicted molar refractivity (Wildman–Crippen MR) is 120 cm³/mol. The van der Waals surface area contributed by atoms with Gasteiger partial charge in [0.15, 0.2) is 0 Å². The van der Waals surface area contributed by atoms with Gasteiger partial charge < -0.3 is 14.1 Å². The summed E-state index contributed by atoms with van der Waals surface area (Å²) in [5.41, 5.74) is 5.72. The van der Waals surface area contributed by atoms with Gasteiger partial charge in [0.25, 0.3) is 0 Å². The van der Waals surface area contributed by atoms with E-state index < -0.39 is 0 Å². The van der Waals surface area contributed by atoms with Crippen molar-refractivity contribution in [1.29, 1.82) is 0 Å². The smallest absolute Gasteiger partial charge is 0.0949 e. The number of nitrogens with one attached hydrogen (secondary N) is 1. The zero-order valence-electron chi connectivity index (χ0n) is 16.3. The number of imidazole rings is 3. The number of aryl methyl sites for hydroxylation is 5. The number of hydrogen-bond donors (Lipinski definition) is 1. The standard InChI is InChI=1S/C8H8N2.2C6H10N2.2CH4/c1-6-2-3-7-8(4-6)10-5-9-7;1-3-8-4-6(2)7-5-8;1-3-8-5-7-4-6(8)2;;/h2-5H,1H3,(H,9,10);2*4-5H,3H2,1-2H3;2*1H4. The molecule has 0 unspecified atom stereocenters. The highest BCUT2D eigenvalue weighted by atomic mass is 15.0. The van der Waals surface area contributed by atoms with E-state index in [0.717, 1.165) is 29.8 Å². The number of aromatic nitrogens is 6. The van der Waals surface area contributed by atoms with Crippen LogP contribution in [0.1, 0.15) is 45.7 Å². The van der Waals surface area contributed by atoms with Crippen LogP contribution < -0.4 is 0 Å². The van der Waals surface area contributed by atoms with Crippen molar-refractivity contribution in [1.82, 2.24) is 29.1 Å². The normalized spacial score (nSPS) is 9.32. The van der Waals surface area contributed by atoms with E-state index in [2.05, 4.69) is 68.9 Å². The summed E-state index contributed by atoms with van der Waals surface area (Å²) in [6.07, 6.45) is 9.29. The summed E-state index contributed by atoms with van der Waals surface area (Å²) in [5.74, 6) is 0. The Hall–Kier alpha value is -2.89. The van der Waals surface area contributed by atoms with Gasteiger partial charge in [-0.2, -0.15) is 0 Å². The van der Waals surface area contributed by atoms with E-state index in [4.69, 9.17) is 0 Å². The lowest BCUT2D eigenvalue weighted by atomic mass is 10.2. The quantitative estimate of drug-likeness (QED) is 0.491. The van der Waals surface area contributed by atoms with Gasteiger partial charge in [0.1, 0.15) is 0 Å². The summed E-state index contributed by atoms with van der Waals surface area (Å²) >= 11 is 0. The molecule has 0 bridgehead atoms. The number of H-pyrrole nitrogens is 1. The highest BCUT2D eigenvalue weighted by Gasteiger charge is 1.92. The van der Waals surface area contributed by atoms with Gasteiger partial charge in [-0.05, 0) is 52.3 Å². The highest BCUT2D eigenvalue weighted by molar-refractivity contribution is 5.74. The number of benzene rings is 1. The van der Waals surface area contributed by atoms with Crippen molar-refractivity contribution in [3.8, 4) is 0 Å².